The first kappa shape index (κ1) is 32.7. The lowest BCUT2D eigenvalue weighted by atomic mass is 9.75. The Morgan fingerprint density at radius 2 is 1.81 bits per heavy atom. The highest BCUT2D eigenvalue weighted by Crippen LogP contribution is 2.44. The maximum absolute atomic E-state index is 13.3. The Balaban J connectivity index is 1.37. The Morgan fingerprint density at radius 1 is 1.05 bits per heavy atom. The second-order valence-electron chi connectivity index (χ2n) is 10.1. The van der Waals surface area contributed by atoms with E-state index in [4.69, 9.17) is 42.1 Å². The molecule has 11 heteroatoms. The second-order valence-corrected chi connectivity index (χ2v) is 10.9. The monoisotopic (exact) mass is 629 g/mol. The number of aromatic nitrogens is 1. The SMILES string of the molecule is CCOC(=O)C1=C(COCCOCCNCc2cn(C)c3ccccc23)N=C(C)C(C(=O)OC)C1c1cccc(Cl)c1Cl. The number of halogens is 2. The highest BCUT2D eigenvalue weighted by Gasteiger charge is 2.44. The minimum atomic E-state index is -0.895. The van der Waals surface area contributed by atoms with Gasteiger partial charge in [0.2, 0.25) is 0 Å². The third-order valence-electron chi connectivity index (χ3n) is 7.31. The van der Waals surface area contributed by atoms with Gasteiger partial charge in [0.15, 0.2) is 0 Å². The summed E-state index contributed by atoms with van der Waals surface area (Å²) in [5, 5.41) is 5.19. The molecule has 1 aliphatic rings. The molecule has 0 aliphatic carbocycles. The molecular formula is C32H37Cl2N3O6. The summed E-state index contributed by atoms with van der Waals surface area (Å²) in [6, 6.07) is 13.4. The lowest BCUT2D eigenvalue weighted by Crippen LogP contribution is -2.37. The summed E-state index contributed by atoms with van der Waals surface area (Å²) in [7, 11) is 3.34. The van der Waals surface area contributed by atoms with Crippen molar-refractivity contribution in [3.63, 3.8) is 0 Å². The summed E-state index contributed by atoms with van der Waals surface area (Å²) in [5.41, 5.74) is 3.95. The van der Waals surface area contributed by atoms with E-state index in [-0.39, 0.29) is 30.4 Å². The van der Waals surface area contributed by atoms with Crippen LogP contribution in [0.5, 0.6) is 0 Å². The molecule has 4 rings (SSSR count). The summed E-state index contributed by atoms with van der Waals surface area (Å²) in [5.74, 6) is -2.88. The molecule has 0 bridgehead atoms. The minimum absolute atomic E-state index is 0.0107. The van der Waals surface area contributed by atoms with Gasteiger partial charge in [-0.1, -0.05) is 53.5 Å². The molecule has 2 aromatic carbocycles. The fraction of sp³-hybridized carbons (Fsp3) is 0.406. The normalized spacial score (nSPS) is 16.8. The van der Waals surface area contributed by atoms with Gasteiger partial charge in [-0.05, 0) is 37.1 Å². The zero-order chi connectivity index (χ0) is 30.9. The molecule has 230 valence electrons. The van der Waals surface area contributed by atoms with Gasteiger partial charge in [0.1, 0.15) is 5.92 Å². The molecule has 0 saturated carbocycles. The third kappa shape index (κ3) is 7.66. The summed E-state index contributed by atoms with van der Waals surface area (Å²) in [6.07, 6.45) is 2.14. The van der Waals surface area contributed by atoms with Gasteiger partial charge in [0.25, 0.3) is 0 Å². The van der Waals surface area contributed by atoms with E-state index in [1.54, 1.807) is 32.0 Å². The van der Waals surface area contributed by atoms with Crippen molar-refractivity contribution in [2.45, 2.75) is 26.3 Å². The van der Waals surface area contributed by atoms with Crippen LogP contribution in [-0.2, 0) is 42.1 Å². The average molecular weight is 631 g/mol. The lowest BCUT2D eigenvalue weighted by Gasteiger charge is -2.32. The highest BCUT2D eigenvalue weighted by molar-refractivity contribution is 6.42. The van der Waals surface area contributed by atoms with Gasteiger partial charge in [-0.15, -0.1) is 0 Å². The number of hydrogen-bond acceptors (Lipinski definition) is 8. The number of carbonyl (C=O) groups is 2. The molecule has 0 spiro atoms. The van der Waals surface area contributed by atoms with E-state index >= 15 is 0 Å². The van der Waals surface area contributed by atoms with Crippen molar-refractivity contribution in [2.24, 2.45) is 18.0 Å². The van der Waals surface area contributed by atoms with Crippen LogP contribution in [0.4, 0.5) is 0 Å². The number of para-hydroxylation sites is 1. The third-order valence-corrected chi connectivity index (χ3v) is 8.15. The number of nitrogens with one attached hydrogen (secondary N) is 1. The van der Waals surface area contributed by atoms with Crippen LogP contribution in [0.1, 0.15) is 30.9 Å². The number of aliphatic imine (C=N–C) groups is 1. The van der Waals surface area contributed by atoms with Gasteiger partial charge in [-0.25, -0.2) is 4.79 Å². The molecule has 1 N–H and O–H groups in total. The maximum Gasteiger partial charge on any atom is 0.336 e. The number of nitrogens with zero attached hydrogens (tertiary/aromatic N) is 2. The van der Waals surface area contributed by atoms with Gasteiger partial charge >= 0.3 is 11.9 Å². The van der Waals surface area contributed by atoms with Gasteiger partial charge < -0.3 is 28.8 Å². The number of ether oxygens (including phenoxy) is 4. The maximum atomic E-state index is 13.3. The van der Waals surface area contributed by atoms with Crippen LogP contribution in [0.25, 0.3) is 10.9 Å². The topological polar surface area (TPSA) is 100 Å². The van der Waals surface area contributed by atoms with E-state index in [0.29, 0.717) is 41.8 Å². The van der Waals surface area contributed by atoms with E-state index in [9.17, 15) is 9.59 Å². The van der Waals surface area contributed by atoms with Gasteiger partial charge in [0, 0.05) is 48.9 Å². The van der Waals surface area contributed by atoms with Crippen LogP contribution in [0.3, 0.4) is 0 Å². The molecule has 0 fully saturated rings. The number of esters is 2. The van der Waals surface area contributed by atoms with E-state index in [1.807, 2.05) is 19.2 Å². The van der Waals surface area contributed by atoms with Crippen molar-refractivity contribution in [3.8, 4) is 0 Å². The number of methoxy groups -OCH3 is 1. The summed E-state index contributed by atoms with van der Waals surface area (Å²) in [6.45, 7) is 6.14. The Morgan fingerprint density at radius 3 is 2.58 bits per heavy atom. The van der Waals surface area contributed by atoms with E-state index in [0.717, 1.165) is 6.54 Å². The number of hydrogen-bond donors (Lipinski definition) is 1. The van der Waals surface area contributed by atoms with E-state index < -0.39 is 23.8 Å². The molecular weight excluding hydrogens is 593 g/mol. The molecule has 0 amide bonds. The van der Waals surface area contributed by atoms with Crippen LogP contribution < -0.4 is 5.32 Å². The fourth-order valence-corrected chi connectivity index (χ4v) is 5.77. The Kier molecular flexibility index (Phi) is 11.8. The van der Waals surface area contributed by atoms with Crippen LogP contribution in [0.2, 0.25) is 10.0 Å². The Hall–Kier alpha value is -3.21. The summed E-state index contributed by atoms with van der Waals surface area (Å²) in [4.78, 5) is 30.8. The van der Waals surface area contributed by atoms with Gasteiger partial charge in [-0.3, -0.25) is 9.79 Å². The van der Waals surface area contributed by atoms with Gasteiger partial charge in [-0.2, -0.15) is 0 Å². The summed E-state index contributed by atoms with van der Waals surface area (Å²) >= 11 is 12.9. The van der Waals surface area contributed by atoms with Crippen molar-refractivity contribution in [1.29, 1.82) is 0 Å². The van der Waals surface area contributed by atoms with E-state index in [2.05, 4.69) is 33.2 Å². The zero-order valence-corrected chi connectivity index (χ0v) is 26.3. The molecule has 0 saturated heterocycles. The molecule has 43 heavy (non-hydrogen) atoms. The molecule has 0 radical (unpaired) electrons. The van der Waals surface area contributed by atoms with E-state index in [1.165, 1.54) is 23.6 Å². The molecule has 2 atom stereocenters. The molecule has 1 aromatic heterocycles. The van der Waals surface area contributed by atoms with Gasteiger partial charge in [0.05, 0.1) is 61.5 Å². The highest BCUT2D eigenvalue weighted by atomic mass is 35.5. The first-order valence-corrected chi connectivity index (χ1v) is 14.9. The number of rotatable bonds is 14. The first-order chi connectivity index (χ1) is 20.8. The van der Waals surface area contributed by atoms with Crippen molar-refractivity contribution in [1.82, 2.24) is 9.88 Å². The zero-order valence-electron chi connectivity index (χ0n) is 24.8. The van der Waals surface area contributed by atoms with Crippen LogP contribution in [0.15, 0.2) is 64.9 Å². The van der Waals surface area contributed by atoms with Crippen LogP contribution >= 0.6 is 23.2 Å². The van der Waals surface area contributed by atoms with Crippen LogP contribution in [0, 0.1) is 5.92 Å². The predicted molar refractivity (Wildman–Crippen MR) is 168 cm³/mol. The smallest absolute Gasteiger partial charge is 0.336 e. The number of fused-ring (bicyclic) bond motifs is 1. The van der Waals surface area contributed by atoms with Crippen molar-refractivity contribution in [2.75, 3.05) is 46.7 Å². The number of benzene rings is 2. The largest absolute Gasteiger partial charge is 0.468 e. The van der Waals surface area contributed by atoms with Crippen molar-refractivity contribution >= 4 is 51.8 Å². The fourth-order valence-electron chi connectivity index (χ4n) is 5.35. The Labute approximate surface area is 261 Å². The van der Waals surface area contributed by atoms with Crippen molar-refractivity contribution < 1.29 is 28.5 Å². The molecule has 2 unspecified atom stereocenters. The summed E-state index contributed by atoms with van der Waals surface area (Å²) < 4.78 is 24.2. The molecule has 3 aromatic rings. The van der Waals surface area contributed by atoms with Crippen LogP contribution in [-0.4, -0.2) is 68.9 Å². The average Bonchev–Trinajstić information content (AvgIpc) is 3.32. The second kappa shape index (κ2) is 15.5. The minimum Gasteiger partial charge on any atom is -0.468 e. The Bertz CT molecular complexity index is 1520. The van der Waals surface area contributed by atoms with Crippen molar-refractivity contribution in [3.05, 3.63) is 81.1 Å². The first-order valence-electron chi connectivity index (χ1n) is 14.1. The number of aryl methyl sites for hydroxylation is 1. The molecule has 9 nitrogen and oxygen atoms in total. The quantitative estimate of drug-likeness (QED) is 0.186. The molecule has 1 aliphatic heterocycles. The standard InChI is InChI=1S/C32H37Cl2N3O6/c1-5-43-32(39)29-25(36-20(2)27(31(38)40-4)28(29)23-10-8-11-24(33)30(23)34)19-42-16-15-41-14-13-35-17-21-18-37(3)26-12-7-6-9-22(21)26/h6-12,18,27-28,35H,5,13-17,19H2,1-4H3. The predicted octanol–water partition coefficient (Wildman–Crippen LogP) is 5.47. The lowest BCUT2D eigenvalue weighted by molar-refractivity contribution is -0.144. The molecule has 2 heterocycles. The number of carbonyl (C=O) groups excluding carboxylic acids is 2.